The van der Waals surface area contributed by atoms with Gasteiger partial charge in [0.25, 0.3) is 5.91 Å². The molecule has 1 fully saturated rings. The molecule has 4 aromatic rings. The number of carbonyl (C=O) groups excluding carboxylic acids is 2. The lowest BCUT2D eigenvalue weighted by Crippen LogP contribution is -2.60. The van der Waals surface area contributed by atoms with Crippen molar-refractivity contribution in [2.24, 2.45) is 0 Å². The van der Waals surface area contributed by atoms with E-state index in [9.17, 15) is 9.59 Å². The number of nitrogens with one attached hydrogen (secondary N) is 1. The van der Waals surface area contributed by atoms with Crippen molar-refractivity contribution >= 4 is 23.3 Å². The fourth-order valence-corrected chi connectivity index (χ4v) is 4.16. The average Bonchev–Trinajstić information content (AvgIpc) is 3.45. The van der Waals surface area contributed by atoms with Crippen molar-refractivity contribution in [1.29, 1.82) is 0 Å². The third-order valence-corrected chi connectivity index (χ3v) is 6.07. The first-order chi connectivity index (χ1) is 17.0. The second-order valence-corrected chi connectivity index (χ2v) is 10.4. The SMILES string of the molecule is Cc1ccc(-c2noc(C3(C)CN(C(=O)OC(C)(C)C)C3)n2)cc1NC(=O)c1cnc2ccccn12. The lowest BCUT2D eigenvalue weighted by molar-refractivity contribution is -0.0122. The van der Waals surface area contributed by atoms with Crippen molar-refractivity contribution in [2.75, 3.05) is 18.4 Å². The number of carbonyl (C=O) groups is 2. The average molecular weight is 489 g/mol. The summed E-state index contributed by atoms with van der Waals surface area (Å²) in [6.07, 6.45) is 2.99. The zero-order chi connectivity index (χ0) is 25.7. The number of benzene rings is 1. The minimum absolute atomic E-state index is 0.271. The molecule has 2 amide bonds. The Morgan fingerprint density at radius 3 is 2.69 bits per heavy atom. The number of aromatic nitrogens is 4. The van der Waals surface area contributed by atoms with Crippen LogP contribution in [0, 0.1) is 6.92 Å². The number of nitrogens with zero attached hydrogens (tertiary/aromatic N) is 5. The molecule has 0 atom stereocenters. The van der Waals surface area contributed by atoms with E-state index in [0.717, 1.165) is 5.56 Å². The van der Waals surface area contributed by atoms with Gasteiger partial charge in [0.15, 0.2) is 0 Å². The van der Waals surface area contributed by atoms with Crippen LogP contribution in [0.2, 0.25) is 0 Å². The van der Waals surface area contributed by atoms with Crippen molar-refractivity contribution in [2.45, 2.75) is 45.6 Å². The molecule has 0 saturated carbocycles. The van der Waals surface area contributed by atoms with E-state index in [2.05, 4.69) is 20.4 Å². The van der Waals surface area contributed by atoms with Crippen molar-refractivity contribution in [3.8, 4) is 11.4 Å². The van der Waals surface area contributed by atoms with Crippen LogP contribution >= 0.6 is 0 Å². The molecule has 0 bridgehead atoms. The summed E-state index contributed by atoms with van der Waals surface area (Å²) in [5.41, 5.74) is 2.37. The summed E-state index contributed by atoms with van der Waals surface area (Å²) >= 11 is 0. The van der Waals surface area contributed by atoms with Crippen molar-refractivity contribution in [3.05, 3.63) is 65.9 Å². The molecule has 4 heterocycles. The van der Waals surface area contributed by atoms with Crippen molar-refractivity contribution < 1.29 is 18.8 Å². The van der Waals surface area contributed by atoms with Gasteiger partial charge in [0.1, 0.15) is 16.9 Å². The predicted molar refractivity (Wildman–Crippen MR) is 133 cm³/mol. The molecule has 10 heteroatoms. The molecule has 3 aromatic heterocycles. The van der Waals surface area contributed by atoms with Crippen LogP contribution in [-0.4, -0.2) is 55.1 Å². The predicted octanol–water partition coefficient (Wildman–Crippen LogP) is 4.45. The number of aryl methyl sites for hydroxylation is 1. The van der Waals surface area contributed by atoms with Gasteiger partial charge in [-0.15, -0.1) is 0 Å². The summed E-state index contributed by atoms with van der Waals surface area (Å²) in [7, 11) is 0. The number of fused-ring (bicyclic) bond motifs is 1. The second-order valence-electron chi connectivity index (χ2n) is 10.4. The first kappa shape index (κ1) is 23.5. The van der Waals surface area contributed by atoms with Gasteiger partial charge in [-0.1, -0.05) is 23.4 Å². The minimum Gasteiger partial charge on any atom is -0.444 e. The number of amides is 2. The van der Waals surface area contributed by atoms with Gasteiger partial charge in [0.2, 0.25) is 11.7 Å². The number of pyridine rings is 1. The topological polar surface area (TPSA) is 115 Å². The zero-order valence-corrected chi connectivity index (χ0v) is 20.9. The Kier molecular flexibility index (Phi) is 5.54. The highest BCUT2D eigenvalue weighted by molar-refractivity contribution is 6.04. The quantitative estimate of drug-likeness (QED) is 0.451. The Balaban J connectivity index is 1.31. The van der Waals surface area contributed by atoms with Crippen LogP contribution in [0.5, 0.6) is 0 Å². The van der Waals surface area contributed by atoms with Crippen LogP contribution in [-0.2, 0) is 10.2 Å². The molecule has 1 aliphatic rings. The third kappa shape index (κ3) is 4.41. The maximum Gasteiger partial charge on any atom is 0.410 e. The molecule has 0 radical (unpaired) electrons. The van der Waals surface area contributed by atoms with E-state index in [-0.39, 0.29) is 12.0 Å². The van der Waals surface area contributed by atoms with E-state index in [1.807, 2.05) is 71.0 Å². The summed E-state index contributed by atoms with van der Waals surface area (Å²) in [5, 5.41) is 7.12. The number of imidazole rings is 1. The fourth-order valence-electron chi connectivity index (χ4n) is 4.16. The van der Waals surface area contributed by atoms with Crippen LogP contribution in [0.3, 0.4) is 0 Å². The number of rotatable bonds is 4. The minimum atomic E-state index is -0.551. The van der Waals surface area contributed by atoms with Gasteiger partial charge in [-0.2, -0.15) is 4.98 Å². The molecule has 1 aliphatic heterocycles. The molecule has 186 valence electrons. The van der Waals surface area contributed by atoms with E-state index < -0.39 is 11.0 Å². The Bertz CT molecular complexity index is 1460. The summed E-state index contributed by atoms with van der Waals surface area (Å²) in [4.78, 5) is 35.8. The normalized spacial score (nSPS) is 15.0. The summed E-state index contributed by atoms with van der Waals surface area (Å²) in [6, 6.07) is 11.2. The summed E-state index contributed by atoms with van der Waals surface area (Å²) in [5.74, 6) is 0.591. The molecular formula is C26H28N6O4. The van der Waals surface area contributed by atoms with Gasteiger partial charge < -0.3 is 19.5 Å². The van der Waals surface area contributed by atoms with Gasteiger partial charge in [0, 0.05) is 30.5 Å². The standard InChI is InChI=1S/C26H28N6O4/c1-16-9-10-17(12-18(16)28-22(33)19-13-27-20-8-6-7-11-32(19)20)21-29-23(36-30-21)26(5)14-31(15-26)24(34)35-25(2,3)4/h6-13H,14-15H2,1-5H3,(H,28,33). The number of ether oxygens (including phenoxy) is 1. The molecule has 0 spiro atoms. The monoisotopic (exact) mass is 488 g/mol. The Morgan fingerprint density at radius 2 is 1.94 bits per heavy atom. The van der Waals surface area contributed by atoms with Gasteiger partial charge in [0.05, 0.1) is 11.6 Å². The summed E-state index contributed by atoms with van der Waals surface area (Å²) < 4.78 is 12.7. The van der Waals surface area contributed by atoms with Gasteiger partial charge in [-0.25, -0.2) is 9.78 Å². The van der Waals surface area contributed by atoms with Crippen LogP contribution in [0.25, 0.3) is 17.0 Å². The van der Waals surface area contributed by atoms with E-state index >= 15 is 0 Å². The van der Waals surface area contributed by atoms with E-state index in [0.29, 0.717) is 47.4 Å². The first-order valence-electron chi connectivity index (χ1n) is 11.7. The fraction of sp³-hybridized carbons (Fsp3) is 0.346. The number of hydrogen-bond acceptors (Lipinski definition) is 7. The number of likely N-dealkylation sites (tertiary alicyclic amines) is 1. The maximum absolute atomic E-state index is 13.0. The van der Waals surface area contributed by atoms with Gasteiger partial charge in [-0.05, 0) is 58.4 Å². The Hall–Kier alpha value is -4.21. The molecule has 5 rings (SSSR count). The van der Waals surface area contributed by atoms with Crippen LogP contribution < -0.4 is 5.32 Å². The van der Waals surface area contributed by atoms with Crippen LogP contribution in [0.15, 0.2) is 53.3 Å². The van der Waals surface area contributed by atoms with Crippen LogP contribution in [0.4, 0.5) is 10.5 Å². The van der Waals surface area contributed by atoms with Crippen molar-refractivity contribution in [1.82, 2.24) is 24.4 Å². The van der Waals surface area contributed by atoms with E-state index in [1.54, 1.807) is 21.7 Å². The largest absolute Gasteiger partial charge is 0.444 e. The third-order valence-electron chi connectivity index (χ3n) is 6.07. The molecule has 0 aliphatic carbocycles. The summed E-state index contributed by atoms with van der Waals surface area (Å²) in [6.45, 7) is 10.3. The molecule has 0 unspecified atom stereocenters. The van der Waals surface area contributed by atoms with E-state index in [4.69, 9.17) is 9.26 Å². The number of hydrogen-bond donors (Lipinski definition) is 1. The molecule has 36 heavy (non-hydrogen) atoms. The molecule has 1 N–H and O–H groups in total. The lowest BCUT2D eigenvalue weighted by atomic mass is 9.82. The van der Waals surface area contributed by atoms with Gasteiger partial charge in [-0.3, -0.25) is 9.20 Å². The van der Waals surface area contributed by atoms with Crippen molar-refractivity contribution in [3.63, 3.8) is 0 Å². The molecular weight excluding hydrogens is 460 g/mol. The number of anilines is 1. The zero-order valence-electron chi connectivity index (χ0n) is 20.9. The van der Waals surface area contributed by atoms with Gasteiger partial charge >= 0.3 is 6.09 Å². The Morgan fingerprint density at radius 1 is 1.17 bits per heavy atom. The first-order valence-corrected chi connectivity index (χ1v) is 11.7. The maximum atomic E-state index is 13.0. The Labute approximate surface area is 208 Å². The molecule has 10 nitrogen and oxygen atoms in total. The molecule has 1 saturated heterocycles. The highest BCUT2D eigenvalue weighted by Gasteiger charge is 2.48. The highest BCUT2D eigenvalue weighted by Crippen LogP contribution is 2.35. The van der Waals surface area contributed by atoms with Crippen LogP contribution in [0.1, 0.15) is 49.6 Å². The highest BCUT2D eigenvalue weighted by atomic mass is 16.6. The smallest absolute Gasteiger partial charge is 0.410 e. The lowest BCUT2D eigenvalue weighted by Gasteiger charge is -2.45. The molecule has 1 aromatic carbocycles. The second kappa shape index (κ2) is 8.47. The van der Waals surface area contributed by atoms with E-state index in [1.165, 1.54) is 0 Å².